The van der Waals surface area contributed by atoms with E-state index in [1.54, 1.807) is 6.20 Å². The van der Waals surface area contributed by atoms with E-state index in [2.05, 4.69) is 4.98 Å². The molecule has 19 heavy (non-hydrogen) atoms. The zero-order valence-corrected chi connectivity index (χ0v) is 11.0. The number of hydrogen-bond acceptors (Lipinski definition) is 3. The van der Waals surface area contributed by atoms with Gasteiger partial charge in [0.05, 0.1) is 12.1 Å². The third-order valence-electron chi connectivity index (χ3n) is 3.44. The van der Waals surface area contributed by atoms with Gasteiger partial charge in [0.25, 0.3) is 0 Å². The molecule has 1 atom stereocenters. The normalized spacial score (nSPS) is 16.1. The third-order valence-corrected chi connectivity index (χ3v) is 3.44. The molecular formula is C16H18N2O. The molecule has 1 aromatic carbocycles. The highest BCUT2D eigenvalue weighted by molar-refractivity contribution is 5.38. The number of benzene rings is 1. The number of aromatic nitrogens is 1. The van der Waals surface area contributed by atoms with Gasteiger partial charge in [-0.05, 0) is 54.7 Å². The average molecular weight is 254 g/mol. The van der Waals surface area contributed by atoms with E-state index < -0.39 is 0 Å². The summed E-state index contributed by atoms with van der Waals surface area (Å²) in [5.74, 6) is 0.919. The van der Waals surface area contributed by atoms with Crippen LogP contribution in [0.15, 0.2) is 42.7 Å². The summed E-state index contributed by atoms with van der Waals surface area (Å²) in [6.07, 6.45) is 6.38. The number of nitrogens with zero attached hydrogens (tertiary/aromatic N) is 1. The van der Waals surface area contributed by atoms with Crippen LogP contribution in [0.1, 0.15) is 35.6 Å². The van der Waals surface area contributed by atoms with Crippen LogP contribution in [-0.4, -0.2) is 11.1 Å². The first-order valence-electron chi connectivity index (χ1n) is 6.67. The minimum atomic E-state index is -0.134. The molecule has 2 N–H and O–H groups in total. The van der Waals surface area contributed by atoms with E-state index in [1.807, 2.05) is 43.5 Å². The Morgan fingerprint density at radius 2 is 2.16 bits per heavy atom. The van der Waals surface area contributed by atoms with E-state index in [-0.39, 0.29) is 6.04 Å². The molecule has 1 aromatic heterocycles. The molecule has 1 aliphatic carbocycles. The van der Waals surface area contributed by atoms with Gasteiger partial charge < -0.3 is 10.5 Å². The molecule has 98 valence electrons. The minimum Gasteiger partial charge on any atom is -0.490 e. The Kier molecular flexibility index (Phi) is 3.22. The van der Waals surface area contributed by atoms with Crippen molar-refractivity contribution in [3.8, 4) is 5.75 Å². The molecule has 0 bridgehead atoms. The fraction of sp³-hybridized carbons (Fsp3) is 0.312. The zero-order chi connectivity index (χ0) is 13.2. The Labute approximate surface area is 113 Å². The SMILES string of the molecule is Cc1cnccc1C(N)c1cccc(OC2CC2)c1. The first-order chi connectivity index (χ1) is 9.24. The predicted molar refractivity (Wildman–Crippen MR) is 75.1 cm³/mol. The number of nitrogens with two attached hydrogens (primary N) is 1. The summed E-state index contributed by atoms with van der Waals surface area (Å²) >= 11 is 0. The van der Waals surface area contributed by atoms with E-state index in [4.69, 9.17) is 10.5 Å². The zero-order valence-electron chi connectivity index (χ0n) is 11.0. The molecule has 0 aliphatic heterocycles. The van der Waals surface area contributed by atoms with Gasteiger partial charge in [-0.3, -0.25) is 4.98 Å². The average Bonchev–Trinajstić information content (AvgIpc) is 3.23. The Bertz CT molecular complexity index is 578. The van der Waals surface area contributed by atoms with Gasteiger partial charge in [-0.25, -0.2) is 0 Å². The minimum absolute atomic E-state index is 0.134. The Morgan fingerprint density at radius 1 is 1.32 bits per heavy atom. The maximum absolute atomic E-state index is 6.35. The highest BCUT2D eigenvalue weighted by Crippen LogP contribution is 2.29. The van der Waals surface area contributed by atoms with E-state index >= 15 is 0 Å². The second-order valence-electron chi connectivity index (χ2n) is 5.10. The molecule has 1 fully saturated rings. The Hall–Kier alpha value is -1.87. The van der Waals surface area contributed by atoms with Crippen molar-refractivity contribution in [2.45, 2.75) is 31.9 Å². The van der Waals surface area contributed by atoms with Gasteiger partial charge in [-0.1, -0.05) is 12.1 Å². The predicted octanol–water partition coefficient (Wildman–Crippen LogP) is 2.98. The van der Waals surface area contributed by atoms with Crippen LogP contribution in [0.2, 0.25) is 0 Å². The monoisotopic (exact) mass is 254 g/mol. The third kappa shape index (κ3) is 2.76. The summed E-state index contributed by atoms with van der Waals surface area (Å²) in [6.45, 7) is 2.03. The van der Waals surface area contributed by atoms with Gasteiger partial charge in [0.2, 0.25) is 0 Å². The summed E-state index contributed by atoms with van der Waals surface area (Å²) in [5, 5.41) is 0. The van der Waals surface area contributed by atoms with Crippen molar-refractivity contribution < 1.29 is 4.74 Å². The molecule has 3 rings (SSSR count). The fourth-order valence-electron chi connectivity index (χ4n) is 2.17. The molecule has 0 spiro atoms. The Balaban J connectivity index is 1.86. The van der Waals surface area contributed by atoms with Gasteiger partial charge in [-0.15, -0.1) is 0 Å². The van der Waals surface area contributed by atoms with Crippen molar-refractivity contribution in [1.29, 1.82) is 0 Å². The topological polar surface area (TPSA) is 48.1 Å². The molecule has 3 nitrogen and oxygen atoms in total. The molecular weight excluding hydrogens is 236 g/mol. The van der Waals surface area contributed by atoms with Crippen molar-refractivity contribution in [1.82, 2.24) is 4.98 Å². The highest BCUT2D eigenvalue weighted by atomic mass is 16.5. The van der Waals surface area contributed by atoms with E-state index in [0.717, 1.165) is 22.4 Å². The van der Waals surface area contributed by atoms with Gasteiger partial charge in [0.15, 0.2) is 0 Å². The number of hydrogen-bond donors (Lipinski definition) is 1. The maximum Gasteiger partial charge on any atom is 0.120 e. The smallest absolute Gasteiger partial charge is 0.120 e. The summed E-state index contributed by atoms with van der Waals surface area (Å²) in [5.41, 5.74) is 9.65. The number of rotatable bonds is 4. The molecule has 2 aromatic rings. The fourth-order valence-corrected chi connectivity index (χ4v) is 2.17. The van der Waals surface area contributed by atoms with Crippen molar-refractivity contribution in [2.24, 2.45) is 5.73 Å². The summed E-state index contributed by atoms with van der Waals surface area (Å²) < 4.78 is 5.81. The molecule has 1 unspecified atom stereocenters. The summed E-state index contributed by atoms with van der Waals surface area (Å²) in [7, 11) is 0. The molecule has 3 heteroatoms. The van der Waals surface area contributed by atoms with Gasteiger partial charge in [0, 0.05) is 12.4 Å². The Morgan fingerprint density at radius 3 is 2.89 bits per heavy atom. The van der Waals surface area contributed by atoms with Crippen molar-refractivity contribution in [2.75, 3.05) is 0 Å². The standard InChI is InChI=1S/C16H18N2O/c1-11-10-18-8-7-15(11)16(17)12-3-2-4-14(9-12)19-13-5-6-13/h2-4,7-10,13,16H,5-6,17H2,1H3. The summed E-state index contributed by atoms with van der Waals surface area (Å²) in [6, 6.07) is 9.93. The van der Waals surface area contributed by atoms with Crippen LogP contribution < -0.4 is 10.5 Å². The highest BCUT2D eigenvalue weighted by Gasteiger charge is 2.23. The first-order valence-corrected chi connectivity index (χ1v) is 6.67. The molecule has 1 aliphatic rings. The number of aryl methyl sites for hydroxylation is 1. The van der Waals surface area contributed by atoms with E-state index in [9.17, 15) is 0 Å². The molecule has 1 heterocycles. The number of pyridine rings is 1. The van der Waals surface area contributed by atoms with Crippen molar-refractivity contribution in [3.05, 3.63) is 59.4 Å². The molecule has 0 radical (unpaired) electrons. The van der Waals surface area contributed by atoms with Gasteiger partial charge in [0.1, 0.15) is 5.75 Å². The lowest BCUT2D eigenvalue weighted by molar-refractivity contribution is 0.303. The van der Waals surface area contributed by atoms with Crippen molar-refractivity contribution in [3.63, 3.8) is 0 Å². The maximum atomic E-state index is 6.35. The largest absolute Gasteiger partial charge is 0.490 e. The quantitative estimate of drug-likeness (QED) is 0.912. The van der Waals surface area contributed by atoms with Crippen LogP contribution in [-0.2, 0) is 0 Å². The van der Waals surface area contributed by atoms with E-state index in [0.29, 0.717) is 6.10 Å². The number of ether oxygens (including phenoxy) is 1. The lowest BCUT2D eigenvalue weighted by Gasteiger charge is -2.16. The molecule has 0 amide bonds. The van der Waals surface area contributed by atoms with Crippen LogP contribution in [0, 0.1) is 6.92 Å². The van der Waals surface area contributed by atoms with E-state index in [1.165, 1.54) is 12.8 Å². The van der Waals surface area contributed by atoms with Crippen LogP contribution in [0.5, 0.6) is 5.75 Å². The lowest BCUT2D eigenvalue weighted by Crippen LogP contribution is -2.13. The first kappa shape index (κ1) is 12.2. The molecule has 1 saturated carbocycles. The van der Waals surface area contributed by atoms with Crippen LogP contribution in [0.25, 0.3) is 0 Å². The summed E-state index contributed by atoms with van der Waals surface area (Å²) in [4.78, 5) is 4.11. The second-order valence-corrected chi connectivity index (χ2v) is 5.10. The second kappa shape index (κ2) is 5.02. The van der Waals surface area contributed by atoms with Crippen LogP contribution in [0.3, 0.4) is 0 Å². The van der Waals surface area contributed by atoms with Crippen LogP contribution in [0.4, 0.5) is 0 Å². The lowest BCUT2D eigenvalue weighted by atomic mass is 9.97. The van der Waals surface area contributed by atoms with Crippen LogP contribution >= 0.6 is 0 Å². The van der Waals surface area contributed by atoms with Gasteiger partial charge in [-0.2, -0.15) is 0 Å². The molecule has 0 saturated heterocycles. The van der Waals surface area contributed by atoms with Crippen molar-refractivity contribution >= 4 is 0 Å². The van der Waals surface area contributed by atoms with Gasteiger partial charge >= 0.3 is 0 Å².